The number of aliphatic carboxylic acids is 1. The van der Waals surface area contributed by atoms with Crippen LogP contribution in [0.1, 0.15) is 12.1 Å². The van der Waals surface area contributed by atoms with Crippen LogP contribution in [0.15, 0.2) is 18.3 Å². The van der Waals surface area contributed by atoms with Gasteiger partial charge < -0.3 is 20.5 Å². The molecule has 0 unspecified atom stereocenters. The quantitative estimate of drug-likeness (QED) is 0.636. The Labute approximate surface area is 111 Å². The van der Waals surface area contributed by atoms with Crippen molar-refractivity contribution in [3.05, 3.63) is 24.0 Å². The summed E-state index contributed by atoms with van der Waals surface area (Å²) in [5.74, 6) is -0.941. The molecule has 0 aliphatic carbocycles. The monoisotopic (exact) mass is 267 g/mol. The molecule has 0 aliphatic heterocycles. The van der Waals surface area contributed by atoms with E-state index in [1.165, 1.54) is 6.20 Å². The van der Waals surface area contributed by atoms with Crippen molar-refractivity contribution in [1.29, 1.82) is 0 Å². The lowest BCUT2D eigenvalue weighted by molar-refractivity contribution is -0.136. The van der Waals surface area contributed by atoms with Crippen LogP contribution in [0.4, 0.5) is 10.5 Å². The average Bonchev–Trinajstić information content (AvgIpc) is 2.36. The summed E-state index contributed by atoms with van der Waals surface area (Å²) in [5.41, 5.74) is 0.955. The number of nitrogens with one attached hydrogen (secondary N) is 2. The van der Waals surface area contributed by atoms with Crippen LogP contribution in [0.5, 0.6) is 0 Å². The molecule has 0 aliphatic rings. The Morgan fingerprint density at radius 1 is 1.42 bits per heavy atom. The number of rotatable bonds is 7. The zero-order valence-electron chi connectivity index (χ0n) is 10.7. The molecule has 7 nitrogen and oxygen atoms in total. The van der Waals surface area contributed by atoms with Gasteiger partial charge in [-0.1, -0.05) is 0 Å². The molecule has 0 saturated heterocycles. The highest BCUT2D eigenvalue weighted by atomic mass is 16.5. The van der Waals surface area contributed by atoms with Gasteiger partial charge in [-0.25, -0.2) is 4.79 Å². The van der Waals surface area contributed by atoms with Crippen molar-refractivity contribution >= 4 is 17.7 Å². The Kier molecular flexibility index (Phi) is 6.31. The summed E-state index contributed by atoms with van der Waals surface area (Å²) in [6.45, 7) is 1.11. The van der Waals surface area contributed by atoms with Crippen molar-refractivity contribution in [3.63, 3.8) is 0 Å². The topological polar surface area (TPSA) is 101 Å². The van der Waals surface area contributed by atoms with Crippen LogP contribution in [0.25, 0.3) is 0 Å². The van der Waals surface area contributed by atoms with E-state index >= 15 is 0 Å². The third-order valence-electron chi connectivity index (χ3n) is 2.23. The van der Waals surface area contributed by atoms with Crippen molar-refractivity contribution < 1.29 is 19.4 Å². The molecule has 0 spiro atoms. The van der Waals surface area contributed by atoms with Crippen molar-refractivity contribution in [1.82, 2.24) is 10.3 Å². The first kappa shape index (κ1) is 14.9. The van der Waals surface area contributed by atoms with Crippen LogP contribution in [0.3, 0.4) is 0 Å². The maximum atomic E-state index is 11.5. The van der Waals surface area contributed by atoms with Crippen molar-refractivity contribution in [2.45, 2.75) is 12.8 Å². The number of urea groups is 1. The number of carboxylic acids is 1. The van der Waals surface area contributed by atoms with Gasteiger partial charge in [0.1, 0.15) is 0 Å². The standard InChI is InChI=1S/C12H17N3O4/c1-19-6-2-5-13-12(18)15-10-4-3-9(14-8-10)7-11(16)17/h3-4,8H,2,5-7H2,1H3,(H,16,17)(H2,13,15,18). The molecule has 0 saturated carbocycles. The average molecular weight is 267 g/mol. The smallest absolute Gasteiger partial charge is 0.319 e. The third-order valence-corrected chi connectivity index (χ3v) is 2.23. The summed E-state index contributed by atoms with van der Waals surface area (Å²) in [4.78, 5) is 25.9. The number of ether oxygens (including phenoxy) is 1. The Morgan fingerprint density at radius 3 is 2.79 bits per heavy atom. The molecule has 1 aromatic heterocycles. The zero-order valence-corrected chi connectivity index (χ0v) is 10.7. The number of methoxy groups -OCH3 is 1. The second-order valence-electron chi connectivity index (χ2n) is 3.84. The Hall–Kier alpha value is -2.15. The summed E-state index contributed by atoms with van der Waals surface area (Å²) < 4.78 is 4.86. The summed E-state index contributed by atoms with van der Waals surface area (Å²) in [5, 5.41) is 13.9. The first-order valence-electron chi connectivity index (χ1n) is 5.82. The predicted octanol–water partition coefficient (Wildman–Crippen LogP) is 0.867. The number of hydrogen-bond acceptors (Lipinski definition) is 4. The van der Waals surface area contributed by atoms with Crippen molar-refractivity contribution in [2.75, 3.05) is 25.6 Å². The maximum Gasteiger partial charge on any atom is 0.319 e. The van der Waals surface area contributed by atoms with E-state index in [1.807, 2.05) is 0 Å². The molecule has 104 valence electrons. The fourth-order valence-corrected chi connectivity index (χ4v) is 1.35. The molecule has 0 aromatic carbocycles. The van der Waals surface area contributed by atoms with Gasteiger partial charge in [-0.05, 0) is 18.6 Å². The van der Waals surface area contributed by atoms with Gasteiger partial charge in [0.05, 0.1) is 24.0 Å². The van der Waals surface area contributed by atoms with Gasteiger partial charge in [-0.15, -0.1) is 0 Å². The third kappa shape index (κ3) is 6.37. The molecule has 0 atom stereocenters. The number of aromatic nitrogens is 1. The number of amides is 2. The van der Waals surface area contributed by atoms with Gasteiger partial charge >= 0.3 is 12.0 Å². The van der Waals surface area contributed by atoms with E-state index in [0.29, 0.717) is 24.5 Å². The van der Waals surface area contributed by atoms with Gasteiger partial charge in [0.15, 0.2) is 0 Å². The highest BCUT2D eigenvalue weighted by molar-refractivity contribution is 5.88. The minimum atomic E-state index is -0.941. The highest BCUT2D eigenvalue weighted by Gasteiger charge is 2.04. The molecule has 19 heavy (non-hydrogen) atoms. The molecule has 1 rings (SSSR count). The van der Waals surface area contributed by atoms with Gasteiger partial charge in [-0.2, -0.15) is 0 Å². The number of hydrogen-bond donors (Lipinski definition) is 3. The molecular formula is C12H17N3O4. The number of pyridine rings is 1. The molecule has 3 N–H and O–H groups in total. The van der Waals surface area contributed by atoms with Crippen molar-refractivity contribution in [3.8, 4) is 0 Å². The summed E-state index contributed by atoms with van der Waals surface area (Å²) >= 11 is 0. The van der Waals surface area contributed by atoms with E-state index in [-0.39, 0.29) is 12.5 Å². The largest absolute Gasteiger partial charge is 0.481 e. The van der Waals surface area contributed by atoms with Crippen LogP contribution in [0.2, 0.25) is 0 Å². The lowest BCUT2D eigenvalue weighted by Crippen LogP contribution is -2.30. The summed E-state index contributed by atoms with van der Waals surface area (Å²) in [6.07, 6.45) is 2.02. The molecule has 1 aromatic rings. The first-order valence-corrected chi connectivity index (χ1v) is 5.82. The molecule has 0 fully saturated rings. The van der Waals surface area contributed by atoms with E-state index in [9.17, 15) is 9.59 Å². The fraction of sp³-hybridized carbons (Fsp3) is 0.417. The van der Waals surface area contributed by atoms with Gasteiger partial charge in [0.25, 0.3) is 0 Å². The maximum absolute atomic E-state index is 11.5. The minimum absolute atomic E-state index is 0.135. The number of anilines is 1. The van der Waals surface area contributed by atoms with Gasteiger partial charge in [0, 0.05) is 20.3 Å². The number of nitrogens with zero attached hydrogens (tertiary/aromatic N) is 1. The summed E-state index contributed by atoms with van der Waals surface area (Å²) in [7, 11) is 1.60. The fourth-order valence-electron chi connectivity index (χ4n) is 1.35. The predicted molar refractivity (Wildman–Crippen MR) is 69.1 cm³/mol. The van der Waals surface area contributed by atoms with Gasteiger partial charge in [-0.3, -0.25) is 9.78 Å². The Balaban J connectivity index is 2.36. The molecule has 2 amide bonds. The molecular weight excluding hydrogens is 250 g/mol. The molecule has 0 radical (unpaired) electrons. The van der Waals surface area contributed by atoms with Crippen LogP contribution in [-0.2, 0) is 16.0 Å². The molecule has 1 heterocycles. The van der Waals surface area contributed by atoms with E-state index < -0.39 is 5.97 Å². The number of carbonyl (C=O) groups excluding carboxylic acids is 1. The van der Waals surface area contributed by atoms with Gasteiger partial charge in [0.2, 0.25) is 0 Å². The lowest BCUT2D eigenvalue weighted by atomic mass is 10.2. The highest BCUT2D eigenvalue weighted by Crippen LogP contribution is 2.06. The first-order chi connectivity index (χ1) is 9.11. The molecule has 0 bridgehead atoms. The molecule has 7 heteroatoms. The summed E-state index contributed by atoms with van der Waals surface area (Å²) in [6, 6.07) is 2.85. The van der Waals surface area contributed by atoms with E-state index in [1.54, 1.807) is 19.2 Å². The Bertz CT molecular complexity index is 419. The second-order valence-corrected chi connectivity index (χ2v) is 3.84. The van der Waals surface area contributed by atoms with E-state index in [2.05, 4.69) is 15.6 Å². The zero-order chi connectivity index (χ0) is 14.1. The second kappa shape index (κ2) is 8.04. The minimum Gasteiger partial charge on any atom is -0.481 e. The van der Waals surface area contributed by atoms with E-state index in [0.717, 1.165) is 6.42 Å². The number of carbonyl (C=O) groups is 2. The SMILES string of the molecule is COCCCNC(=O)Nc1ccc(CC(=O)O)nc1. The van der Waals surface area contributed by atoms with Crippen LogP contribution in [0, 0.1) is 0 Å². The number of carboxylic acid groups (broad SMARTS) is 1. The van der Waals surface area contributed by atoms with Crippen LogP contribution >= 0.6 is 0 Å². The van der Waals surface area contributed by atoms with Crippen molar-refractivity contribution in [2.24, 2.45) is 0 Å². The van der Waals surface area contributed by atoms with Crippen LogP contribution < -0.4 is 10.6 Å². The van der Waals surface area contributed by atoms with E-state index in [4.69, 9.17) is 9.84 Å². The normalized spacial score (nSPS) is 9.95. The lowest BCUT2D eigenvalue weighted by Gasteiger charge is -2.07. The van der Waals surface area contributed by atoms with Crippen LogP contribution in [-0.4, -0.2) is 42.4 Å². The Morgan fingerprint density at radius 2 is 2.21 bits per heavy atom.